The summed E-state index contributed by atoms with van der Waals surface area (Å²) in [6.07, 6.45) is 7.84. The molecule has 34 heavy (non-hydrogen) atoms. The third-order valence-electron chi connectivity index (χ3n) is 5.70. The Kier molecular flexibility index (Phi) is 7.46. The van der Waals surface area contributed by atoms with Gasteiger partial charge >= 0.3 is 0 Å². The van der Waals surface area contributed by atoms with E-state index in [9.17, 15) is 13.2 Å². The molecule has 0 unspecified atom stereocenters. The molecule has 9 heteroatoms. The third kappa shape index (κ3) is 5.74. The Balaban J connectivity index is 1.45. The minimum Gasteiger partial charge on any atom is -0.492 e. The molecule has 0 saturated carbocycles. The van der Waals surface area contributed by atoms with Gasteiger partial charge in [-0.3, -0.25) is 14.9 Å². The molecule has 0 spiro atoms. The van der Waals surface area contributed by atoms with Crippen molar-refractivity contribution in [3.8, 4) is 16.9 Å². The first-order chi connectivity index (χ1) is 16.5. The molecule has 4 rings (SSSR count). The Morgan fingerprint density at radius 1 is 1.06 bits per heavy atom. The van der Waals surface area contributed by atoms with Crippen LogP contribution in [0.5, 0.6) is 5.75 Å². The average molecular weight is 482 g/mol. The van der Waals surface area contributed by atoms with E-state index in [1.807, 2.05) is 30.3 Å². The highest BCUT2D eigenvalue weighted by molar-refractivity contribution is 7.90. The predicted molar refractivity (Wildman–Crippen MR) is 129 cm³/mol. The molecule has 1 aromatic heterocycles. The Morgan fingerprint density at radius 3 is 2.56 bits per heavy atom. The Morgan fingerprint density at radius 2 is 1.82 bits per heavy atom. The van der Waals surface area contributed by atoms with Gasteiger partial charge in [-0.15, -0.1) is 0 Å². The van der Waals surface area contributed by atoms with E-state index in [1.54, 1.807) is 24.3 Å². The van der Waals surface area contributed by atoms with Crippen LogP contribution in [0.4, 0.5) is 0 Å². The first-order valence-corrected chi connectivity index (χ1v) is 12.5. The number of aromatic nitrogens is 1. The number of rotatable bonds is 9. The van der Waals surface area contributed by atoms with Gasteiger partial charge in [0, 0.05) is 25.0 Å². The maximum Gasteiger partial charge on any atom is 0.267 e. The molecule has 0 radical (unpaired) electrons. The van der Waals surface area contributed by atoms with Crippen LogP contribution in [0.3, 0.4) is 0 Å². The second kappa shape index (κ2) is 10.7. The summed E-state index contributed by atoms with van der Waals surface area (Å²) >= 11 is 0. The zero-order valence-corrected chi connectivity index (χ0v) is 19.4. The maximum absolute atomic E-state index is 13.1. The molecule has 1 amide bonds. The van der Waals surface area contributed by atoms with Crippen molar-refractivity contribution in [1.82, 2.24) is 14.4 Å². The second-order valence-corrected chi connectivity index (χ2v) is 9.88. The number of carbonyl (C=O) groups excluding carboxylic acids is 1. The van der Waals surface area contributed by atoms with Crippen LogP contribution in [0, 0.1) is 0 Å². The first-order valence-electron chi connectivity index (χ1n) is 11.1. The third-order valence-corrected chi connectivity index (χ3v) is 7.33. The van der Waals surface area contributed by atoms with Crippen molar-refractivity contribution in [2.24, 2.45) is 0 Å². The highest BCUT2D eigenvalue weighted by atomic mass is 32.2. The van der Waals surface area contributed by atoms with E-state index in [1.165, 1.54) is 36.8 Å². The minimum absolute atomic E-state index is 0.148. The molecule has 0 atom stereocenters. The Labute approximate surface area is 199 Å². The fourth-order valence-corrected chi connectivity index (χ4v) is 5.10. The quantitative estimate of drug-likeness (QED) is 0.276. The van der Waals surface area contributed by atoms with E-state index < -0.39 is 15.9 Å². The van der Waals surface area contributed by atoms with Gasteiger partial charge in [0.05, 0.1) is 4.90 Å². The molecule has 0 bridgehead atoms. The molecule has 178 valence electrons. The van der Waals surface area contributed by atoms with E-state index in [4.69, 9.17) is 9.94 Å². The van der Waals surface area contributed by atoms with Crippen molar-refractivity contribution in [1.29, 1.82) is 0 Å². The van der Waals surface area contributed by atoms with Crippen LogP contribution in [-0.2, 0) is 14.8 Å². The number of amides is 1. The van der Waals surface area contributed by atoms with Crippen molar-refractivity contribution in [2.45, 2.75) is 17.7 Å². The monoisotopic (exact) mass is 481 g/mol. The number of benzene rings is 2. The smallest absolute Gasteiger partial charge is 0.267 e. The number of hydroxylamine groups is 1. The van der Waals surface area contributed by atoms with Gasteiger partial charge in [0.1, 0.15) is 12.4 Å². The summed E-state index contributed by atoms with van der Waals surface area (Å²) in [6.45, 7) is 3.85. The fourth-order valence-electron chi connectivity index (χ4n) is 3.85. The number of nitrogens with one attached hydrogen (secondary N) is 1. The maximum atomic E-state index is 13.1. The summed E-state index contributed by atoms with van der Waals surface area (Å²) in [7, 11) is -3.82. The van der Waals surface area contributed by atoms with E-state index in [0.29, 0.717) is 12.2 Å². The highest BCUT2D eigenvalue weighted by Crippen LogP contribution is 2.26. The number of likely N-dealkylation sites (tertiary alicyclic amines) is 1. The molecule has 2 aromatic carbocycles. The lowest BCUT2D eigenvalue weighted by molar-refractivity contribution is -0.124. The van der Waals surface area contributed by atoms with E-state index in [2.05, 4.69) is 4.90 Å². The Hall–Kier alpha value is -3.40. The van der Waals surface area contributed by atoms with Crippen LogP contribution in [-0.4, -0.2) is 54.6 Å². The van der Waals surface area contributed by atoms with Crippen LogP contribution in [0.2, 0.25) is 0 Å². The predicted octanol–water partition coefficient (Wildman–Crippen LogP) is 3.39. The molecule has 1 saturated heterocycles. The standard InChI is InChI=1S/C25H27N3O5S/c29-25(26-30)11-6-20-12-15-28(19-20)34(31,32)24-5-3-4-22(18-24)21-7-9-23(10-8-21)33-17-16-27-13-1-2-14-27/h3-12,15,18-19,30H,1-2,13-14,16-17H2,(H,26,29)/b11-6+. The van der Waals surface area contributed by atoms with E-state index in [0.717, 1.165) is 46.6 Å². The molecule has 2 N–H and O–H groups in total. The van der Waals surface area contributed by atoms with Gasteiger partial charge in [0.15, 0.2) is 0 Å². The lowest BCUT2D eigenvalue weighted by Gasteiger charge is -2.15. The molecule has 0 aliphatic carbocycles. The molecule has 1 fully saturated rings. The summed E-state index contributed by atoms with van der Waals surface area (Å²) in [5.41, 5.74) is 3.65. The van der Waals surface area contributed by atoms with E-state index in [-0.39, 0.29) is 4.90 Å². The average Bonchev–Trinajstić information content (AvgIpc) is 3.56. The summed E-state index contributed by atoms with van der Waals surface area (Å²) in [5, 5.41) is 8.55. The molecule has 1 aliphatic rings. The number of nitrogens with zero attached hydrogens (tertiary/aromatic N) is 2. The Bertz CT molecular complexity index is 1260. The van der Waals surface area contributed by atoms with Crippen LogP contribution >= 0.6 is 0 Å². The van der Waals surface area contributed by atoms with Crippen LogP contribution < -0.4 is 10.2 Å². The number of hydrogen-bond acceptors (Lipinski definition) is 6. The van der Waals surface area contributed by atoms with Crippen molar-refractivity contribution in [2.75, 3.05) is 26.2 Å². The summed E-state index contributed by atoms with van der Waals surface area (Å²) in [5.74, 6) is 0.0841. The molecule has 1 aliphatic heterocycles. The SMILES string of the molecule is O=C(/C=C/c1ccn(S(=O)(=O)c2cccc(-c3ccc(OCCN4CCCC4)cc3)c2)c1)NO. The molecule has 8 nitrogen and oxygen atoms in total. The van der Waals surface area contributed by atoms with Crippen LogP contribution in [0.25, 0.3) is 17.2 Å². The highest BCUT2D eigenvalue weighted by Gasteiger charge is 2.17. The van der Waals surface area contributed by atoms with Crippen molar-refractivity contribution >= 4 is 22.0 Å². The zero-order valence-electron chi connectivity index (χ0n) is 18.6. The summed E-state index contributed by atoms with van der Waals surface area (Å²) < 4.78 is 33.2. The van der Waals surface area contributed by atoms with Gasteiger partial charge in [-0.2, -0.15) is 0 Å². The second-order valence-electron chi connectivity index (χ2n) is 8.04. The number of hydrogen-bond donors (Lipinski definition) is 2. The van der Waals surface area contributed by atoms with Crippen molar-refractivity contribution in [3.05, 3.63) is 78.6 Å². The molecular weight excluding hydrogens is 454 g/mol. The van der Waals surface area contributed by atoms with E-state index >= 15 is 0 Å². The van der Waals surface area contributed by atoms with Crippen molar-refractivity contribution < 1.29 is 23.2 Å². The zero-order chi connectivity index (χ0) is 24.0. The first kappa shape index (κ1) is 23.7. The van der Waals surface area contributed by atoms with Gasteiger partial charge in [0.25, 0.3) is 15.9 Å². The lowest BCUT2D eigenvalue weighted by Crippen LogP contribution is -2.25. The van der Waals surface area contributed by atoms with Gasteiger partial charge in [-0.05, 0) is 79.0 Å². The van der Waals surface area contributed by atoms with Crippen LogP contribution in [0.1, 0.15) is 18.4 Å². The van der Waals surface area contributed by atoms with Gasteiger partial charge in [-0.1, -0.05) is 24.3 Å². The van der Waals surface area contributed by atoms with Gasteiger partial charge in [0.2, 0.25) is 0 Å². The molecule has 2 heterocycles. The fraction of sp³-hybridized carbons (Fsp3) is 0.240. The topological polar surface area (TPSA) is 101 Å². The normalized spacial score (nSPS) is 14.5. The summed E-state index contributed by atoms with van der Waals surface area (Å²) in [4.78, 5) is 13.7. The molecule has 3 aromatic rings. The van der Waals surface area contributed by atoms with Crippen molar-refractivity contribution in [3.63, 3.8) is 0 Å². The minimum atomic E-state index is -3.82. The van der Waals surface area contributed by atoms with Gasteiger partial charge < -0.3 is 4.74 Å². The number of carbonyl (C=O) groups is 1. The van der Waals surface area contributed by atoms with Crippen LogP contribution in [0.15, 0.2) is 78.0 Å². The molecular formula is C25H27N3O5S. The lowest BCUT2D eigenvalue weighted by atomic mass is 10.1. The summed E-state index contributed by atoms with van der Waals surface area (Å²) in [6, 6.07) is 15.9. The largest absolute Gasteiger partial charge is 0.492 e. The number of ether oxygens (including phenoxy) is 1. The van der Waals surface area contributed by atoms with Gasteiger partial charge in [-0.25, -0.2) is 17.9 Å².